The van der Waals surface area contributed by atoms with E-state index in [1.165, 1.54) is 0 Å². The Morgan fingerprint density at radius 2 is 1.77 bits per heavy atom. The summed E-state index contributed by atoms with van der Waals surface area (Å²) in [7, 11) is 0. The van der Waals surface area contributed by atoms with Crippen molar-refractivity contribution in [3.63, 3.8) is 0 Å². The Kier molecular flexibility index (Phi) is 2.50. The highest BCUT2D eigenvalue weighted by Gasteiger charge is 2.27. The molecule has 0 saturated carbocycles. The Bertz CT molecular complexity index is 260. The Labute approximate surface area is 85.6 Å². The van der Waals surface area contributed by atoms with Gasteiger partial charge in [0.1, 0.15) is 0 Å². The predicted molar refractivity (Wildman–Crippen MR) is 59.3 cm³/mol. The highest BCUT2D eigenvalue weighted by molar-refractivity contribution is 7.81. The van der Waals surface area contributed by atoms with Crippen LogP contribution < -0.4 is 0 Å². The zero-order valence-corrected chi connectivity index (χ0v) is 9.87. The van der Waals surface area contributed by atoms with Crippen molar-refractivity contribution in [3.05, 3.63) is 17.7 Å². The van der Waals surface area contributed by atoms with Gasteiger partial charge in [-0.15, -0.1) is 0 Å². The van der Waals surface area contributed by atoms with E-state index in [4.69, 9.17) is 0 Å². The van der Waals surface area contributed by atoms with Crippen LogP contribution in [0.25, 0.3) is 0 Å². The molecule has 0 atom stereocenters. The Morgan fingerprint density at radius 1 is 1.23 bits per heavy atom. The summed E-state index contributed by atoms with van der Waals surface area (Å²) in [5, 5.41) is 0. The monoisotopic (exact) mass is 198 g/mol. The number of aromatic amines is 1. The molecule has 74 valence electrons. The molecule has 1 N–H and O–H groups in total. The maximum absolute atomic E-state index is 4.54. The van der Waals surface area contributed by atoms with Crippen LogP contribution in [0.1, 0.15) is 46.0 Å². The number of imidazole rings is 1. The summed E-state index contributed by atoms with van der Waals surface area (Å²) in [6, 6.07) is 0. The summed E-state index contributed by atoms with van der Waals surface area (Å²) in [6.45, 7) is 10.6. The lowest BCUT2D eigenvalue weighted by molar-refractivity contribution is 0.553. The third kappa shape index (κ3) is 2.27. The normalized spacial score (nSPS) is 13.4. The van der Waals surface area contributed by atoms with Crippen molar-refractivity contribution in [1.29, 1.82) is 0 Å². The number of thiol groups is 1. The molecule has 0 unspecified atom stereocenters. The average molecular weight is 198 g/mol. The van der Waals surface area contributed by atoms with Crippen LogP contribution in [0.15, 0.2) is 6.33 Å². The van der Waals surface area contributed by atoms with Crippen molar-refractivity contribution in [2.24, 2.45) is 0 Å². The molecular weight excluding hydrogens is 180 g/mol. The first-order valence-corrected chi connectivity index (χ1v) is 4.94. The molecule has 0 aliphatic carbocycles. The maximum atomic E-state index is 4.54. The molecule has 0 saturated heterocycles. The molecule has 0 spiro atoms. The first-order chi connectivity index (χ1) is 5.73. The quantitative estimate of drug-likeness (QED) is 0.667. The van der Waals surface area contributed by atoms with Gasteiger partial charge in [0, 0.05) is 10.2 Å². The highest BCUT2D eigenvalue weighted by Crippen LogP contribution is 2.33. The molecule has 0 aromatic carbocycles. The summed E-state index contributed by atoms with van der Waals surface area (Å²) < 4.78 is -0.154. The van der Waals surface area contributed by atoms with Gasteiger partial charge in [-0.25, -0.2) is 4.98 Å². The summed E-state index contributed by atoms with van der Waals surface area (Å²) in [5.41, 5.74) is 2.30. The van der Waals surface area contributed by atoms with Crippen molar-refractivity contribution < 1.29 is 0 Å². The summed E-state index contributed by atoms with van der Waals surface area (Å²) in [6.07, 6.45) is 1.74. The smallest absolute Gasteiger partial charge is 0.0925 e. The predicted octanol–water partition coefficient (Wildman–Crippen LogP) is 2.87. The van der Waals surface area contributed by atoms with Gasteiger partial charge in [0.25, 0.3) is 0 Å². The van der Waals surface area contributed by atoms with E-state index in [2.05, 4.69) is 57.2 Å². The number of nitrogens with zero attached hydrogens (tertiary/aromatic N) is 1. The summed E-state index contributed by atoms with van der Waals surface area (Å²) in [4.78, 5) is 7.51. The lowest BCUT2D eigenvalue weighted by Crippen LogP contribution is -2.20. The van der Waals surface area contributed by atoms with Crippen LogP contribution in [0.3, 0.4) is 0 Å². The van der Waals surface area contributed by atoms with Crippen LogP contribution in [0, 0.1) is 0 Å². The molecule has 0 aliphatic heterocycles. The Hall–Kier alpha value is -0.440. The van der Waals surface area contributed by atoms with E-state index in [1.54, 1.807) is 6.33 Å². The first kappa shape index (κ1) is 10.6. The largest absolute Gasteiger partial charge is 0.347 e. The number of nitrogens with one attached hydrogen (secondary N) is 1. The standard InChI is InChI=1S/C10H18N2S/c1-9(2,3)7-8(10(4,5)13)12-6-11-7/h6,13H,1-5H3,(H,11,12). The van der Waals surface area contributed by atoms with Gasteiger partial charge in [-0.1, -0.05) is 20.8 Å². The topological polar surface area (TPSA) is 28.7 Å². The van der Waals surface area contributed by atoms with Gasteiger partial charge >= 0.3 is 0 Å². The second-order valence-corrected chi connectivity index (χ2v) is 6.05. The second kappa shape index (κ2) is 3.05. The molecular formula is C10H18N2S. The van der Waals surface area contributed by atoms with Crippen molar-refractivity contribution in [1.82, 2.24) is 9.97 Å². The molecule has 0 amide bonds. The summed E-state index contributed by atoms with van der Waals surface area (Å²) in [5.74, 6) is 0. The van der Waals surface area contributed by atoms with Gasteiger partial charge in [0.15, 0.2) is 0 Å². The fourth-order valence-corrected chi connectivity index (χ4v) is 1.50. The van der Waals surface area contributed by atoms with E-state index < -0.39 is 0 Å². The third-order valence-corrected chi connectivity index (χ3v) is 2.19. The van der Waals surface area contributed by atoms with Crippen LogP contribution in [0.2, 0.25) is 0 Å². The molecule has 13 heavy (non-hydrogen) atoms. The lowest BCUT2D eigenvalue weighted by Gasteiger charge is -2.24. The van der Waals surface area contributed by atoms with Crippen LogP contribution in [-0.2, 0) is 10.2 Å². The average Bonchev–Trinajstić information content (AvgIpc) is 2.27. The van der Waals surface area contributed by atoms with Gasteiger partial charge in [0.05, 0.1) is 17.7 Å². The number of rotatable bonds is 1. The minimum Gasteiger partial charge on any atom is -0.347 e. The Morgan fingerprint density at radius 3 is 2.08 bits per heavy atom. The molecule has 2 nitrogen and oxygen atoms in total. The van der Waals surface area contributed by atoms with E-state index >= 15 is 0 Å². The zero-order chi connectivity index (χ0) is 10.3. The van der Waals surface area contributed by atoms with Crippen LogP contribution in [-0.4, -0.2) is 9.97 Å². The van der Waals surface area contributed by atoms with Gasteiger partial charge in [-0.05, 0) is 13.8 Å². The van der Waals surface area contributed by atoms with Crippen LogP contribution >= 0.6 is 12.6 Å². The molecule has 1 heterocycles. The van der Waals surface area contributed by atoms with E-state index in [0.717, 1.165) is 11.4 Å². The highest BCUT2D eigenvalue weighted by atomic mass is 32.1. The summed E-state index contributed by atoms with van der Waals surface area (Å²) >= 11 is 4.54. The van der Waals surface area contributed by atoms with Gasteiger partial charge in [-0.3, -0.25) is 0 Å². The van der Waals surface area contributed by atoms with Gasteiger partial charge < -0.3 is 4.98 Å². The number of hydrogen-bond donors (Lipinski definition) is 2. The van der Waals surface area contributed by atoms with E-state index in [1.807, 2.05) is 0 Å². The van der Waals surface area contributed by atoms with E-state index in [9.17, 15) is 0 Å². The van der Waals surface area contributed by atoms with Crippen molar-refractivity contribution >= 4 is 12.6 Å². The van der Waals surface area contributed by atoms with Crippen LogP contribution in [0.4, 0.5) is 0 Å². The van der Waals surface area contributed by atoms with Crippen molar-refractivity contribution in [2.45, 2.75) is 44.8 Å². The number of hydrogen-bond acceptors (Lipinski definition) is 2. The molecule has 0 radical (unpaired) electrons. The minimum absolute atomic E-state index is 0.0787. The second-order valence-electron chi connectivity index (χ2n) is 4.94. The van der Waals surface area contributed by atoms with Crippen molar-refractivity contribution in [3.8, 4) is 0 Å². The molecule has 0 fully saturated rings. The third-order valence-electron chi connectivity index (χ3n) is 1.96. The fourth-order valence-electron chi connectivity index (χ4n) is 1.33. The van der Waals surface area contributed by atoms with Crippen molar-refractivity contribution in [2.75, 3.05) is 0 Å². The fraction of sp³-hybridized carbons (Fsp3) is 0.700. The number of H-pyrrole nitrogens is 1. The van der Waals surface area contributed by atoms with Gasteiger partial charge in [-0.2, -0.15) is 12.6 Å². The molecule has 0 aliphatic rings. The SMILES string of the molecule is CC(C)(C)c1nc[nH]c1C(C)(C)S. The first-order valence-electron chi connectivity index (χ1n) is 4.49. The minimum atomic E-state index is -0.154. The maximum Gasteiger partial charge on any atom is 0.0925 e. The molecule has 1 rings (SSSR count). The lowest BCUT2D eigenvalue weighted by atomic mass is 9.88. The zero-order valence-electron chi connectivity index (χ0n) is 8.97. The Balaban J connectivity index is 3.19. The number of aromatic nitrogens is 2. The molecule has 1 aromatic heterocycles. The van der Waals surface area contributed by atoms with E-state index in [-0.39, 0.29) is 10.2 Å². The molecule has 3 heteroatoms. The van der Waals surface area contributed by atoms with Gasteiger partial charge in [0.2, 0.25) is 0 Å². The molecule has 1 aromatic rings. The van der Waals surface area contributed by atoms with E-state index in [0.29, 0.717) is 0 Å². The van der Waals surface area contributed by atoms with Crippen LogP contribution in [0.5, 0.6) is 0 Å². The molecule has 0 bridgehead atoms.